The van der Waals surface area contributed by atoms with E-state index in [0.29, 0.717) is 19.6 Å². The van der Waals surface area contributed by atoms with Gasteiger partial charge in [-0.15, -0.1) is 0 Å². The lowest BCUT2D eigenvalue weighted by atomic mass is 9.87. The number of aromatic nitrogens is 2. The molecule has 2 heterocycles. The van der Waals surface area contributed by atoms with Crippen LogP contribution in [0.15, 0.2) is 36.8 Å². The maximum Gasteiger partial charge on any atom is 0.252 e. The monoisotopic (exact) mass is 425 g/mol. The molecule has 0 N–H and O–H groups in total. The van der Waals surface area contributed by atoms with Gasteiger partial charge in [-0.1, -0.05) is 44.2 Å². The van der Waals surface area contributed by atoms with Crippen molar-refractivity contribution in [1.82, 2.24) is 14.5 Å². The number of carbonyl (C=O) groups excluding carboxylic acids is 1. The summed E-state index contributed by atoms with van der Waals surface area (Å²) >= 11 is 0. The standard InChI is InChI=1S/C25H35N3O3/c1-19-17-31-24(25(29)28(19)15-21-8-10-23(30-2)11-9-21)14-22-16-27(18-26-22)13-12-20-6-4-3-5-7-20/h8-11,16,18-20,24H,3-7,12-15,17H2,1-2H3/t19-,24-/m1/s1. The lowest BCUT2D eigenvalue weighted by Crippen LogP contribution is -2.52. The molecular weight excluding hydrogens is 390 g/mol. The number of amides is 1. The molecule has 0 radical (unpaired) electrons. The molecule has 6 heteroatoms. The van der Waals surface area contributed by atoms with Crippen molar-refractivity contribution < 1.29 is 14.3 Å². The predicted molar refractivity (Wildman–Crippen MR) is 120 cm³/mol. The maximum atomic E-state index is 13.1. The molecule has 4 rings (SSSR count). The van der Waals surface area contributed by atoms with Gasteiger partial charge in [0.05, 0.1) is 31.8 Å². The average molecular weight is 426 g/mol. The lowest BCUT2D eigenvalue weighted by Gasteiger charge is -2.37. The Morgan fingerprint density at radius 3 is 2.68 bits per heavy atom. The van der Waals surface area contributed by atoms with Gasteiger partial charge >= 0.3 is 0 Å². The number of imidazole rings is 1. The van der Waals surface area contributed by atoms with Gasteiger partial charge in [-0.25, -0.2) is 4.98 Å². The summed E-state index contributed by atoms with van der Waals surface area (Å²) in [6.45, 7) is 4.18. The zero-order chi connectivity index (χ0) is 21.6. The second-order valence-electron chi connectivity index (χ2n) is 9.08. The Kier molecular flexibility index (Phi) is 7.28. The summed E-state index contributed by atoms with van der Waals surface area (Å²) in [5.74, 6) is 1.73. The van der Waals surface area contributed by atoms with Crippen LogP contribution in [0.25, 0.3) is 0 Å². The van der Waals surface area contributed by atoms with Gasteiger partial charge < -0.3 is 18.9 Å². The molecule has 2 atom stereocenters. The first kappa shape index (κ1) is 21.9. The minimum Gasteiger partial charge on any atom is -0.497 e. The smallest absolute Gasteiger partial charge is 0.252 e. The molecule has 1 amide bonds. The normalized spacial score (nSPS) is 22.6. The van der Waals surface area contributed by atoms with Gasteiger partial charge in [0.1, 0.15) is 11.9 Å². The summed E-state index contributed by atoms with van der Waals surface area (Å²) in [5, 5.41) is 0. The predicted octanol–water partition coefficient (Wildman–Crippen LogP) is 4.22. The molecule has 1 aromatic heterocycles. The summed E-state index contributed by atoms with van der Waals surface area (Å²) < 4.78 is 13.3. The van der Waals surface area contributed by atoms with Crippen LogP contribution in [0.1, 0.15) is 56.7 Å². The third kappa shape index (κ3) is 5.67. The van der Waals surface area contributed by atoms with Crippen molar-refractivity contribution in [2.24, 2.45) is 5.92 Å². The fourth-order valence-corrected chi connectivity index (χ4v) is 4.76. The van der Waals surface area contributed by atoms with Gasteiger partial charge in [0.25, 0.3) is 5.91 Å². The van der Waals surface area contributed by atoms with Crippen molar-refractivity contribution in [1.29, 1.82) is 0 Å². The van der Waals surface area contributed by atoms with Gasteiger partial charge in [0, 0.05) is 25.7 Å². The van der Waals surface area contributed by atoms with E-state index in [0.717, 1.165) is 29.5 Å². The molecule has 2 fully saturated rings. The number of hydrogen-bond donors (Lipinski definition) is 0. The molecule has 1 aromatic carbocycles. The van der Waals surface area contributed by atoms with Crippen LogP contribution in [-0.4, -0.2) is 46.2 Å². The molecule has 1 saturated carbocycles. The minimum atomic E-state index is -0.462. The topological polar surface area (TPSA) is 56.6 Å². The number of rotatable bonds is 8. The molecule has 0 unspecified atom stereocenters. The number of morpholine rings is 1. The molecule has 168 valence electrons. The second-order valence-corrected chi connectivity index (χ2v) is 9.08. The van der Waals surface area contributed by atoms with E-state index in [-0.39, 0.29) is 11.9 Å². The molecule has 1 aliphatic carbocycles. The summed E-state index contributed by atoms with van der Waals surface area (Å²) in [7, 11) is 1.66. The van der Waals surface area contributed by atoms with Crippen molar-refractivity contribution in [3.05, 3.63) is 48.0 Å². The molecule has 0 spiro atoms. The van der Waals surface area contributed by atoms with Crippen LogP contribution in [0.2, 0.25) is 0 Å². The summed E-state index contributed by atoms with van der Waals surface area (Å²) in [6, 6.07) is 7.94. The van der Waals surface area contributed by atoms with E-state index < -0.39 is 6.10 Å². The number of ether oxygens (including phenoxy) is 2. The third-order valence-electron chi connectivity index (χ3n) is 6.74. The Balaban J connectivity index is 1.32. The van der Waals surface area contributed by atoms with E-state index in [1.165, 1.54) is 38.5 Å². The Labute approximate surface area is 185 Å². The summed E-state index contributed by atoms with van der Waals surface area (Å²) in [5.41, 5.74) is 2.02. The van der Waals surface area contributed by atoms with Gasteiger partial charge in [0.2, 0.25) is 0 Å². The molecule has 0 bridgehead atoms. The Bertz CT molecular complexity index is 842. The van der Waals surface area contributed by atoms with Crippen LogP contribution in [0.4, 0.5) is 0 Å². The molecule has 1 saturated heterocycles. The highest BCUT2D eigenvalue weighted by Crippen LogP contribution is 2.27. The molecular formula is C25H35N3O3. The van der Waals surface area contributed by atoms with E-state index in [1.807, 2.05) is 42.4 Å². The molecule has 2 aromatic rings. The maximum absolute atomic E-state index is 13.1. The number of aryl methyl sites for hydroxylation is 1. The quantitative estimate of drug-likeness (QED) is 0.635. The van der Waals surface area contributed by atoms with Gasteiger partial charge in [-0.2, -0.15) is 0 Å². The number of carbonyl (C=O) groups is 1. The molecule has 6 nitrogen and oxygen atoms in total. The van der Waals surface area contributed by atoms with Crippen LogP contribution in [0, 0.1) is 5.92 Å². The van der Waals surface area contributed by atoms with Crippen molar-refractivity contribution >= 4 is 5.91 Å². The van der Waals surface area contributed by atoms with E-state index in [1.54, 1.807) is 7.11 Å². The number of nitrogens with zero attached hydrogens (tertiary/aromatic N) is 3. The SMILES string of the molecule is COc1ccc(CN2C(=O)[C@@H](Cc3cn(CCC4CCCCC4)cn3)OC[C@H]2C)cc1. The van der Waals surface area contributed by atoms with Crippen LogP contribution in [0.5, 0.6) is 5.75 Å². The van der Waals surface area contributed by atoms with Crippen molar-refractivity contribution in [2.75, 3.05) is 13.7 Å². The fraction of sp³-hybridized carbons (Fsp3) is 0.600. The largest absolute Gasteiger partial charge is 0.497 e. The fourth-order valence-electron chi connectivity index (χ4n) is 4.76. The molecule has 1 aliphatic heterocycles. The van der Waals surface area contributed by atoms with Crippen molar-refractivity contribution in [2.45, 2.75) is 77.1 Å². The van der Waals surface area contributed by atoms with Crippen molar-refractivity contribution in [3.8, 4) is 5.75 Å². The highest BCUT2D eigenvalue weighted by Gasteiger charge is 2.34. The van der Waals surface area contributed by atoms with Crippen molar-refractivity contribution in [3.63, 3.8) is 0 Å². The highest BCUT2D eigenvalue weighted by atomic mass is 16.5. The summed E-state index contributed by atoms with van der Waals surface area (Å²) in [4.78, 5) is 19.6. The van der Waals surface area contributed by atoms with Gasteiger partial charge in [-0.3, -0.25) is 4.79 Å². The van der Waals surface area contributed by atoms with Crippen LogP contribution < -0.4 is 4.74 Å². The molecule has 2 aliphatic rings. The van der Waals surface area contributed by atoms with E-state index in [9.17, 15) is 4.79 Å². The van der Waals surface area contributed by atoms with Crippen LogP contribution in [-0.2, 0) is 29.0 Å². The zero-order valence-corrected chi connectivity index (χ0v) is 18.8. The zero-order valence-electron chi connectivity index (χ0n) is 18.8. The number of hydrogen-bond acceptors (Lipinski definition) is 4. The number of methoxy groups -OCH3 is 1. The third-order valence-corrected chi connectivity index (χ3v) is 6.74. The Hall–Kier alpha value is -2.34. The number of benzene rings is 1. The van der Waals surface area contributed by atoms with Crippen LogP contribution >= 0.6 is 0 Å². The highest BCUT2D eigenvalue weighted by molar-refractivity contribution is 5.82. The Morgan fingerprint density at radius 1 is 1.16 bits per heavy atom. The first-order chi connectivity index (χ1) is 15.1. The first-order valence-corrected chi connectivity index (χ1v) is 11.7. The van der Waals surface area contributed by atoms with E-state index in [4.69, 9.17) is 9.47 Å². The second kappa shape index (κ2) is 10.3. The lowest BCUT2D eigenvalue weighted by molar-refractivity contribution is -0.159. The first-order valence-electron chi connectivity index (χ1n) is 11.7. The van der Waals surface area contributed by atoms with E-state index in [2.05, 4.69) is 15.7 Å². The summed E-state index contributed by atoms with van der Waals surface area (Å²) in [6.07, 6.45) is 12.2. The van der Waals surface area contributed by atoms with E-state index >= 15 is 0 Å². The molecule has 31 heavy (non-hydrogen) atoms. The van der Waals surface area contributed by atoms with Crippen LogP contribution in [0.3, 0.4) is 0 Å². The Morgan fingerprint density at radius 2 is 1.94 bits per heavy atom. The van der Waals surface area contributed by atoms with Gasteiger partial charge in [-0.05, 0) is 37.0 Å². The minimum absolute atomic E-state index is 0.0475. The average Bonchev–Trinajstić information content (AvgIpc) is 3.26. The van der Waals surface area contributed by atoms with Gasteiger partial charge in [0.15, 0.2) is 0 Å².